The number of ketones is 1. The van der Waals surface area contributed by atoms with Crippen LogP contribution in [0, 0.1) is 11.6 Å². The Labute approximate surface area is 171 Å². The van der Waals surface area contributed by atoms with Crippen molar-refractivity contribution < 1.29 is 23.2 Å². The number of hydrogen-bond donors (Lipinski definition) is 2. The third-order valence-electron chi connectivity index (χ3n) is 4.54. The summed E-state index contributed by atoms with van der Waals surface area (Å²) in [4.78, 5) is 36.5. The van der Waals surface area contributed by atoms with E-state index in [0.29, 0.717) is 16.7 Å². The van der Waals surface area contributed by atoms with Gasteiger partial charge >= 0.3 is 0 Å². The molecule has 0 aliphatic carbocycles. The summed E-state index contributed by atoms with van der Waals surface area (Å²) in [6.07, 6.45) is 0.0256. The molecule has 3 N–H and O–H groups in total. The molecule has 5 nitrogen and oxygen atoms in total. The number of halogens is 2. The molecule has 0 heterocycles. The van der Waals surface area contributed by atoms with Crippen LogP contribution in [0.1, 0.15) is 31.8 Å². The molecule has 0 saturated carbocycles. The van der Waals surface area contributed by atoms with Crippen LogP contribution in [0.2, 0.25) is 0 Å². The molecule has 152 valence electrons. The van der Waals surface area contributed by atoms with Crippen molar-refractivity contribution in [1.29, 1.82) is 0 Å². The summed E-state index contributed by atoms with van der Waals surface area (Å²) in [5, 5.41) is 2.33. The fourth-order valence-corrected chi connectivity index (χ4v) is 2.92. The van der Waals surface area contributed by atoms with E-state index in [1.165, 1.54) is 6.07 Å². The van der Waals surface area contributed by atoms with Crippen LogP contribution in [0.15, 0.2) is 72.8 Å². The number of primary amides is 1. The van der Waals surface area contributed by atoms with Crippen LogP contribution >= 0.6 is 0 Å². The summed E-state index contributed by atoms with van der Waals surface area (Å²) in [7, 11) is 0. The van der Waals surface area contributed by atoms with Gasteiger partial charge in [0.25, 0.3) is 5.91 Å². The van der Waals surface area contributed by atoms with Gasteiger partial charge in [0.15, 0.2) is 17.4 Å². The Hall–Kier alpha value is -3.87. The Morgan fingerprint density at radius 2 is 1.47 bits per heavy atom. The maximum Gasteiger partial charge on any atom is 0.255 e. The summed E-state index contributed by atoms with van der Waals surface area (Å²) in [5.74, 6) is -4.40. The second-order valence-electron chi connectivity index (χ2n) is 6.63. The van der Waals surface area contributed by atoms with E-state index < -0.39 is 35.1 Å². The molecule has 2 amide bonds. The Bertz CT molecular complexity index is 1080. The highest BCUT2D eigenvalue weighted by Crippen LogP contribution is 2.14. The minimum Gasteiger partial charge on any atom is -0.368 e. The van der Waals surface area contributed by atoms with Crippen molar-refractivity contribution in [3.63, 3.8) is 0 Å². The monoisotopic (exact) mass is 408 g/mol. The summed E-state index contributed by atoms with van der Waals surface area (Å²) < 4.78 is 27.1. The molecule has 7 heteroatoms. The van der Waals surface area contributed by atoms with Gasteiger partial charge < -0.3 is 11.1 Å². The Morgan fingerprint density at radius 1 is 0.833 bits per heavy atom. The molecule has 0 saturated heterocycles. The number of hydrogen-bond acceptors (Lipinski definition) is 3. The third-order valence-corrected chi connectivity index (χ3v) is 4.54. The zero-order valence-electron chi connectivity index (χ0n) is 15.8. The average molecular weight is 408 g/mol. The largest absolute Gasteiger partial charge is 0.368 e. The van der Waals surface area contributed by atoms with Gasteiger partial charge in [-0.25, -0.2) is 8.78 Å². The number of nitrogens with two attached hydrogens (primary N) is 1. The van der Waals surface area contributed by atoms with Gasteiger partial charge in [-0.05, 0) is 17.7 Å². The van der Waals surface area contributed by atoms with Gasteiger partial charge in [0, 0.05) is 17.5 Å². The normalized spacial score (nSPS) is 11.5. The maximum absolute atomic E-state index is 13.8. The fourth-order valence-electron chi connectivity index (χ4n) is 2.92. The molecule has 0 fully saturated rings. The molecule has 0 unspecified atom stereocenters. The van der Waals surface area contributed by atoms with Gasteiger partial charge in [0.1, 0.15) is 6.04 Å². The molecule has 0 aromatic heterocycles. The van der Waals surface area contributed by atoms with Crippen LogP contribution in [0.5, 0.6) is 0 Å². The molecule has 3 rings (SSSR count). The fraction of sp³-hybridized carbons (Fsp3) is 0.0870. The van der Waals surface area contributed by atoms with Crippen molar-refractivity contribution in [2.45, 2.75) is 12.5 Å². The van der Waals surface area contributed by atoms with E-state index in [9.17, 15) is 23.2 Å². The molecular weight excluding hydrogens is 390 g/mol. The lowest BCUT2D eigenvalue weighted by Crippen LogP contribution is -2.46. The number of nitrogens with one attached hydrogen (secondary N) is 1. The average Bonchev–Trinajstić information content (AvgIpc) is 2.75. The van der Waals surface area contributed by atoms with E-state index in [1.807, 2.05) is 6.07 Å². The summed E-state index contributed by atoms with van der Waals surface area (Å²) >= 11 is 0. The van der Waals surface area contributed by atoms with Gasteiger partial charge in [-0.3, -0.25) is 14.4 Å². The van der Waals surface area contributed by atoms with Gasteiger partial charge in [-0.15, -0.1) is 0 Å². The van der Waals surface area contributed by atoms with E-state index in [1.54, 1.807) is 48.5 Å². The summed E-state index contributed by atoms with van der Waals surface area (Å²) in [5.41, 5.74) is 6.47. The minimum absolute atomic E-state index is 0.0256. The molecule has 0 spiro atoms. The van der Waals surface area contributed by atoms with Gasteiger partial charge in [-0.2, -0.15) is 0 Å². The van der Waals surface area contributed by atoms with Gasteiger partial charge in [0.05, 0.1) is 5.56 Å². The lowest BCUT2D eigenvalue weighted by atomic mass is 9.99. The molecule has 30 heavy (non-hydrogen) atoms. The van der Waals surface area contributed by atoms with E-state index in [0.717, 1.165) is 12.1 Å². The van der Waals surface area contributed by atoms with Gasteiger partial charge in [-0.1, -0.05) is 60.7 Å². The molecule has 0 aliphatic heterocycles. The SMILES string of the molecule is NC(=O)[C@H](Cc1ccc(C(=O)c2ccccc2)cc1)NC(=O)c1cccc(F)c1F. The van der Waals surface area contributed by atoms with E-state index >= 15 is 0 Å². The number of rotatable bonds is 7. The van der Waals surface area contributed by atoms with Crippen molar-refractivity contribution >= 4 is 17.6 Å². The predicted molar refractivity (Wildman–Crippen MR) is 107 cm³/mol. The van der Waals surface area contributed by atoms with Crippen molar-refractivity contribution in [1.82, 2.24) is 5.32 Å². The lowest BCUT2D eigenvalue weighted by Gasteiger charge is -2.16. The first-order valence-corrected chi connectivity index (χ1v) is 9.09. The van der Waals surface area contributed by atoms with Crippen molar-refractivity contribution in [3.8, 4) is 0 Å². The quantitative estimate of drug-likeness (QED) is 0.589. The highest BCUT2D eigenvalue weighted by molar-refractivity contribution is 6.09. The van der Waals surface area contributed by atoms with Crippen LogP contribution in [0.3, 0.4) is 0 Å². The molecule has 1 atom stereocenters. The maximum atomic E-state index is 13.8. The zero-order chi connectivity index (χ0) is 21.7. The van der Waals surface area contributed by atoms with E-state index in [-0.39, 0.29) is 12.2 Å². The minimum atomic E-state index is -1.30. The first-order valence-electron chi connectivity index (χ1n) is 9.09. The van der Waals surface area contributed by atoms with Crippen LogP contribution < -0.4 is 11.1 Å². The number of benzene rings is 3. The highest BCUT2D eigenvalue weighted by atomic mass is 19.2. The predicted octanol–water partition coefficient (Wildman–Crippen LogP) is 3.02. The van der Waals surface area contributed by atoms with E-state index in [2.05, 4.69) is 5.32 Å². The Kier molecular flexibility index (Phi) is 6.32. The van der Waals surface area contributed by atoms with Crippen molar-refractivity contribution in [3.05, 3.63) is 107 Å². The van der Waals surface area contributed by atoms with Crippen LogP contribution in [-0.2, 0) is 11.2 Å². The molecule has 0 radical (unpaired) electrons. The summed E-state index contributed by atoms with van der Waals surface area (Å²) in [6, 6.07) is 17.3. The van der Waals surface area contributed by atoms with Crippen LogP contribution in [0.4, 0.5) is 8.78 Å². The molecule has 0 bridgehead atoms. The van der Waals surface area contributed by atoms with Gasteiger partial charge in [0.2, 0.25) is 5.91 Å². The third kappa shape index (κ3) is 4.75. The number of amides is 2. The second-order valence-corrected chi connectivity index (χ2v) is 6.63. The standard InChI is InChI=1S/C23H18F2N2O3/c24-18-8-4-7-17(20(18)25)23(30)27-19(22(26)29)13-14-9-11-16(12-10-14)21(28)15-5-2-1-3-6-15/h1-12,19H,13H2,(H2,26,29)(H,27,30)/t19-/m0/s1. The number of carbonyl (C=O) groups is 3. The summed E-state index contributed by atoms with van der Waals surface area (Å²) in [6.45, 7) is 0. The second kappa shape index (κ2) is 9.09. The van der Waals surface area contributed by atoms with Crippen LogP contribution in [-0.4, -0.2) is 23.6 Å². The van der Waals surface area contributed by atoms with E-state index in [4.69, 9.17) is 5.73 Å². The van der Waals surface area contributed by atoms with Crippen molar-refractivity contribution in [2.24, 2.45) is 5.73 Å². The number of carbonyl (C=O) groups excluding carboxylic acids is 3. The first-order chi connectivity index (χ1) is 14.4. The smallest absolute Gasteiger partial charge is 0.255 e. The lowest BCUT2D eigenvalue weighted by molar-refractivity contribution is -0.119. The molecule has 3 aromatic carbocycles. The first kappa shape index (κ1) is 20.9. The van der Waals surface area contributed by atoms with Crippen LogP contribution in [0.25, 0.3) is 0 Å². The molecule has 3 aromatic rings. The Morgan fingerprint density at radius 3 is 2.10 bits per heavy atom. The highest BCUT2D eigenvalue weighted by Gasteiger charge is 2.22. The molecular formula is C23H18F2N2O3. The zero-order valence-corrected chi connectivity index (χ0v) is 15.8. The van der Waals surface area contributed by atoms with Crippen molar-refractivity contribution in [2.75, 3.05) is 0 Å². The molecule has 0 aliphatic rings. The topological polar surface area (TPSA) is 89.3 Å². The Balaban J connectivity index is 1.72.